The van der Waals surface area contributed by atoms with E-state index in [1.807, 2.05) is 44.2 Å². The van der Waals surface area contributed by atoms with Crippen molar-refractivity contribution >= 4 is 17.8 Å². The minimum Gasteiger partial charge on any atom is -0.334 e. The number of hydrogen-bond donors (Lipinski definition) is 1. The van der Waals surface area contributed by atoms with Crippen LogP contribution in [0, 0.1) is 5.92 Å². The molecule has 0 aromatic heterocycles. The van der Waals surface area contributed by atoms with E-state index in [-0.39, 0.29) is 24.4 Å². The van der Waals surface area contributed by atoms with E-state index in [9.17, 15) is 14.4 Å². The maximum Gasteiger partial charge on any atom is 0.317 e. The Kier molecular flexibility index (Phi) is 5.68. The lowest BCUT2D eigenvalue weighted by atomic mass is 9.95. The standard InChI is InChI=1S/C20H28N4O3/c1-14(2)11-16-19(26)24-10-9-23(13-17(24)18(25)22(16)3)20(27)21-12-15-7-5-4-6-8-15/h4-8,14,16-17H,9-13H2,1-3H3,(H,21,27)/t16-,17+/m0/s1. The molecule has 2 aliphatic rings. The van der Waals surface area contributed by atoms with E-state index < -0.39 is 12.1 Å². The van der Waals surface area contributed by atoms with Crippen LogP contribution in [0.5, 0.6) is 0 Å². The number of fused-ring (bicyclic) bond motifs is 1. The molecule has 0 spiro atoms. The third-order valence-electron chi connectivity index (χ3n) is 5.32. The van der Waals surface area contributed by atoms with Gasteiger partial charge in [-0.25, -0.2) is 4.79 Å². The highest BCUT2D eigenvalue weighted by molar-refractivity contribution is 5.97. The number of nitrogens with one attached hydrogen (secondary N) is 1. The molecule has 0 saturated carbocycles. The Morgan fingerprint density at radius 1 is 1.15 bits per heavy atom. The van der Waals surface area contributed by atoms with Gasteiger partial charge >= 0.3 is 6.03 Å². The highest BCUT2D eigenvalue weighted by Gasteiger charge is 2.47. The lowest BCUT2D eigenvalue weighted by molar-refractivity contribution is -0.163. The largest absolute Gasteiger partial charge is 0.334 e. The summed E-state index contributed by atoms with van der Waals surface area (Å²) < 4.78 is 0. The van der Waals surface area contributed by atoms with E-state index in [1.165, 1.54) is 0 Å². The molecule has 7 heteroatoms. The molecule has 0 unspecified atom stereocenters. The first kappa shape index (κ1) is 19.2. The smallest absolute Gasteiger partial charge is 0.317 e. The highest BCUT2D eigenvalue weighted by atomic mass is 16.2. The summed E-state index contributed by atoms with van der Waals surface area (Å²) in [6.07, 6.45) is 0.658. The summed E-state index contributed by atoms with van der Waals surface area (Å²) in [5, 5.41) is 2.89. The van der Waals surface area contributed by atoms with Gasteiger partial charge in [-0.3, -0.25) is 9.59 Å². The first-order valence-corrected chi connectivity index (χ1v) is 9.52. The molecule has 3 rings (SSSR count). The summed E-state index contributed by atoms with van der Waals surface area (Å²) in [7, 11) is 1.69. The second kappa shape index (κ2) is 7.98. The molecule has 2 fully saturated rings. The average molecular weight is 372 g/mol. The van der Waals surface area contributed by atoms with E-state index >= 15 is 0 Å². The summed E-state index contributed by atoms with van der Waals surface area (Å²) in [4.78, 5) is 43.0. The third-order valence-corrected chi connectivity index (χ3v) is 5.32. The van der Waals surface area contributed by atoms with E-state index in [4.69, 9.17) is 0 Å². The molecule has 0 aliphatic carbocycles. The van der Waals surface area contributed by atoms with Crippen molar-refractivity contribution in [2.75, 3.05) is 26.7 Å². The Hall–Kier alpha value is -2.57. The first-order valence-electron chi connectivity index (χ1n) is 9.52. The zero-order valence-electron chi connectivity index (χ0n) is 16.2. The zero-order chi connectivity index (χ0) is 19.6. The van der Waals surface area contributed by atoms with Crippen molar-refractivity contribution in [1.29, 1.82) is 0 Å². The van der Waals surface area contributed by atoms with Crippen LogP contribution in [0.15, 0.2) is 30.3 Å². The van der Waals surface area contributed by atoms with Crippen molar-refractivity contribution in [3.8, 4) is 0 Å². The molecule has 0 bridgehead atoms. The Labute approximate surface area is 160 Å². The lowest BCUT2D eigenvalue weighted by Gasteiger charge is -2.48. The summed E-state index contributed by atoms with van der Waals surface area (Å²) in [6.45, 7) is 5.61. The fourth-order valence-electron chi connectivity index (χ4n) is 3.78. The Balaban J connectivity index is 1.63. The monoisotopic (exact) mass is 372 g/mol. The van der Waals surface area contributed by atoms with E-state index in [1.54, 1.807) is 21.7 Å². The average Bonchev–Trinajstić information content (AvgIpc) is 2.68. The van der Waals surface area contributed by atoms with E-state index in [0.717, 1.165) is 5.56 Å². The second-order valence-corrected chi connectivity index (χ2v) is 7.73. The van der Waals surface area contributed by atoms with Crippen LogP contribution in [-0.4, -0.2) is 71.3 Å². The van der Waals surface area contributed by atoms with Gasteiger partial charge in [0.2, 0.25) is 11.8 Å². The van der Waals surface area contributed by atoms with Crippen molar-refractivity contribution in [2.45, 2.75) is 38.9 Å². The Morgan fingerprint density at radius 2 is 1.85 bits per heavy atom. The van der Waals surface area contributed by atoms with Crippen molar-refractivity contribution in [3.05, 3.63) is 35.9 Å². The van der Waals surface area contributed by atoms with Crippen LogP contribution in [0.25, 0.3) is 0 Å². The molecular formula is C20H28N4O3. The van der Waals surface area contributed by atoms with E-state index in [2.05, 4.69) is 5.32 Å². The minimum absolute atomic E-state index is 0.000133. The van der Waals surface area contributed by atoms with Crippen LogP contribution >= 0.6 is 0 Å². The molecule has 2 heterocycles. The second-order valence-electron chi connectivity index (χ2n) is 7.73. The number of benzene rings is 1. The van der Waals surface area contributed by atoms with Gasteiger partial charge in [-0.1, -0.05) is 44.2 Å². The molecule has 1 aromatic rings. The summed E-state index contributed by atoms with van der Waals surface area (Å²) >= 11 is 0. The molecular weight excluding hydrogens is 344 g/mol. The van der Waals surface area contributed by atoms with Crippen molar-refractivity contribution in [3.63, 3.8) is 0 Å². The number of amides is 4. The zero-order valence-corrected chi connectivity index (χ0v) is 16.2. The molecule has 4 amide bonds. The molecule has 2 atom stereocenters. The van der Waals surface area contributed by atoms with Gasteiger partial charge in [-0.2, -0.15) is 0 Å². The van der Waals surface area contributed by atoms with E-state index in [0.29, 0.717) is 32.0 Å². The fraction of sp³-hybridized carbons (Fsp3) is 0.550. The van der Waals surface area contributed by atoms with Crippen molar-refractivity contribution in [1.82, 2.24) is 20.0 Å². The van der Waals surface area contributed by atoms with Crippen LogP contribution < -0.4 is 5.32 Å². The van der Waals surface area contributed by atoms with Gasteiger partial charge in [0, 0.05) is 26.7 Å². The van der Waals surface area contributed by atoms with Gasteiger partial charge in [-0.05, 0) is 17.9 Å². The number of nitrogens with zero attached hydrogens (tertiary/aromatic N) is 3. The van der Waals surface area contributed by atoms with Crippen molar-refractivity contribution < 1.29 is 14.4 Å². The third kappa shape index (κ3) is 4.07. The van der Waals surface area contributed by atoms with Crippen LogP contribution in [0.4, 0.5) is 4.79 Å². The van der Waals surface area contributed by atoms with Gasteiger partial charge in [0.05, 0.1) is 6.54 Å². The fourth-order valence-corrected chi connectivity index (χ4v) is 3.78. The number of carbonyl (C=O) groups excluding carboxylic acids is 3. The lowest BCUT2D eigenvalue weighted by Crippen LogP contribution is -2.70. The topological polar surface area (TPSA) is 73.0 Å². The number of piperazine rings is 2. The summed E-state index contributed by atoms with van der Waals surface area (Å²) in [5.74, 6) is 0.247. The van der Waals surface area contributed by atoms with Crippen molar-refractivity contribution in [2.24, 2.45) is 5.92 Å². The number of urea groups is 1. The predicted octanol–water partition coefficient (Wildman–Crippen LogP) is 1.30. The molecule has 2 aliphatic heterocycles. The van der Waals surface area contributed by atoms with Gasteiger partial charge < -0.3 is 20.0 Å². The maximum absolute atomic E-state index is 12.9. The molecule has 1 aromatic carbocycles. The van der Waals surface area contributed by atoms with Gasteiger partial charge in [0.15, 0.2) is 0 Å². The number of hydrogen-bond acceptors (Lipinski definition) is 3. The van der Waals surface area contributed by atoms with Crippen LogP contribution in [0.1, 0.15) is 25.8 Å². The van der Waals surface area contributed by atoms with Crippen LogP contribution in [-0.2, 0) is 16.1 Å². The summed E-state index contributed by atoms with van der Waals surface area (Å²) in [6, 6.07) is 8.50. The van der Waals surface area contributed by atoms with Gasteiger partial charge in [0.25, 0.3) is 0 Å². The van der Waals surface area contributed by atoms with Gasteiger partial charge in [-0.15, -0.1) is 0 Å². The predicted molar refractivity (Wildman–Crippen MR) is 102 cm³/mol. The SMILES string of the molecule is CC(C)C[C@H]1C(=O)N2CCN(C(=O)NCc3ccccc3)C[C@@H]2C(=O)N1C. The maximum atomic E-state index is 12.9. The Bertz CT molecular complexity index is 706. The molecule has 146 valence electrons. The highest BCUT2D eigenvalue weighted by Crippen LogP contribution is 2.24. The Morgan fingerprint density at radius 3 is 2.52 bits per heavy atom. The van der Waals surface area contributed by atoms with Crippen LogP contribution in [0.2, 0.25) is 0 Å². The number of likely N-dealkylation sites (N-methyl/N-ethyl adjacent to an activating group) is 1. The number of rotatable bonds is 4. The number of carbonyl (C=O) groups is 3. The molecule has 7 nitrogen and oxygen atoms in total. The molecule has 2 saturated heterocycles. The molecule has 27 heavy (non-hydrogen) atoms. The molecule has 0 radical (unpaired) electrons. The molecule has 1 N–H and O–H groups in total. The normalized spacial score (nSPS) is 22.9. The van der Waals surface area contributed by atoms with Crippen LogP contribution in [0.3, 0.4) is 0 Å². The van der Waals surface area contributed by atoms with Gasteiger partial charge in [0.1, 0.15) is 12.1 Å². The minimum atomic E-state index is -0.581. The quantitative estimate of drug-likeness (QED) is 0.866. The first-order chi connectivity index (χ1) is 12.9. The summed E-state index contributed by atoms with van der Waals surface area (Å²) in [5.41, 5.74) is 1.02.